The van der Waals surface area contributed by atoms with Crippen LogP contribution in [0.3, 0.4) is 0 Å². The van der Waals surface area contributed by atoms with E-state index in [-0.39, 0.29) is 11.8 Å². The van der Waals surface area contributed by atoms with E-state index in [1.165, 1.54) is 13.1 Å². The highest BCUT2D eigenvalue weighted by Crippen LogP contribution is 2.31. The van der Waals surface area contributed by atoms with Gasteiger partial charge in [-0.15, -0.1) is 0 Å². The fourth-order valence-electron chi connectivity index (χ4n) is 3.86. The summed E-state index contributed by atoms with van der Waals surface area (Å²) in [6.45, 7) is 5.36. The van der Waals surface area contributed by atoms with E-state index >= 15 is 0 Å². The number of piperazine rings is 1. The molecule has 0 bridgehead atoms. The van der Waals surface area contributed by atoms with Crippen LogP contribution in [-0.4, -0.2) is 71.4 Å². The summed E-state index contributed by atoms with van der Waals surface area (Å²) >= 11 is 0. The summed E-state index contributed by atoms with van der Waals surface area (Å²) in [5.74, 6) is -0.403. The molecule has 0 aliphatic carbocycles. The molecule has 1 saturated heterocycles. The van der Waals surface area contributed by atoms with Gasteiger partial charge in [0.1, 0.15) is 11.8 Å². The molecule has 4 heterocycles. The molecule has 2 unspecified atom stereocenters. The summed E-state index contributed by atoms with van der Waals surface area (Å²) in [6, 6.07) is 5.04. The zero-order valence-electron chi connectivity index (χ0n) is 17.6. The van der Waals surface area contributed by atoms with Crippen LogP contribution >= 0.6 is 0 Å². The number of amides is 1. The average molecular weight is 430 g/mol. The Morgan fingerprint density at radius 1 is 1.35 bits per heavy atom. The quantitative estimate of drug-likeness (QED) is 0.608. The monoisotopic (exact) mass is 430 g/mol. The van der Waals surface area contributed by atoms with Crippen molar-refractivity contribution in [1.82, 2.24) is 20.2 Å². The van der Waals surface area contributed by atoms with Gasteiger partial charge in [0.15, 0.2) is 12.0 Å². The molecule has 0 saturated carbocycles. The number of ether oxygens (including phenoxy) is 1. The molecule has 166 valence electrons. The first-order valence-electron chi connectivity index (χ1n) is 10.4. The predicted molar refractivity (Wildman–Crippen MR) is 114 cm³/mol. The number of nitrogens with zero attached hydrogens (tertiary/aromatic N) is 4. The number of carbonyl (C=O) groups is 1. The van der Waals surface area contributed by atoms with E-state index in [1.54, 1.807) is 12.3 Å². The van der Waals surface area contributed by atoms with E-state index in [9.17, 15) is 14.3 Å². The Bertz CT molecular complexity index is 951. The number of hydrogen-bond donors (Lipinski definition) is 3. The van der Waals surface area contributed by atoms with Crippen molar-refractivity contribution in [3.8, 4) is 5.75 Å². The smallest absolute Gasteiger partial charge is 0.269 e. The highest BCUT2D eigenvalue weighted by molar-refractivity contribution is 5.92. The lowest BCUT2D eigenvalue weighted by Gasteiger charge is -2.36. The van der Waals surface area contributed by atoms with Crippen LogP contribution in [-0.2, 0) is 6.54 Å². The molecule has 2 aromatic heterocycles. The van der Waals surface area contributed by atoms with Crippen molar-refractivity contribution in [3.63, 3.8) is 0 Å². The summed E-state index contributed by atoms with van der Waals surface area (Å²) in [6.07, 6.45) is 1.37. The highest BCUT2D eigenvalue weighted by Gasteiger charge is 2.27. The molecule has 2 aromatic rings. The second-order valence-corrected chi connectivity index (χ2v) is 7.67. The van der Waals surface area contributed by atoms with Gasteiger partial charge >= 0.3 is 0 Å². The first kappa shape index (κ1) is 21.3. The van der Waals surface area contributed by atoms with Crippen LogP contribution in [0.15, 0.2) is 24.4 Å². The minimum atomic E-state index is -0.741. The van der Waals surface area contributed by atoms with Gasteiger partial charge in [0.05, 0.1) is 23.3 Å². The zero-order chi connectivity index (χ0) is 22.0. The Balaban J connectivity index is 1.36. The molecule has 4 rings (SSSR count). The molecule has 2 aliphatic rings. The van der Waals surface area contributed by atoms with Gasteiger partial charge in [-0.25, -0.2) is 4.98 Å². The summed E-state index contributed by atoms with van der Waals surface area (Å²) in [4.78, 5) is 24.1. The summed E-state index contributed by atoms with van der Waals surface area (Å²) in [5, 5.41) is 15.6. The van der Waals surface area contributed by atoms with E-state index < -0.39 is 18.1 Å². The van der Waals surface area contributed by atoms with Crippen LogP contribution in [0.1, 0.15) is 29.5 Å². The van der Waals surface area contributed by atoms with Gasteiger partial charge in [0.25, 0.3) is 5.91 Å². The first-order chi connectivity index (χ1) is 15.0. The SMILES string of the molecule is CCC1Oc2cnc(CN3CCN(c4ccc(C(=O)NC)nc4F)CC3)cc2NC1O. The molecule has 1 amide bonds. The normalized spacial score (nSPS) is 21.1. The average Bonchev–Trinajstić information content (AvgIpc) is 2.78. The standard InChI is InChI=1S/C21H27FN6O3/c1-3-17-21(30)26-15-10-13(24-11-18(15)31-17)12-27-6-8-28(9-7-27)16-5-4-14(20(29)23-2)25-19(16)22/h4-5,10-11,17,21,26,30H,3,6-9,12H2,1-2H3,(H,23,29). The van der Waals surface area contributed by atoms with E-state index in [2.05, 4.69) is 25.5 Å². The Morgan fingerprint density at radius 2 is 2.13 bits per heavy atom. The van der Waals surface area contributed by atoms with Crippen LogP contribution in [0.4, 0.5) is 15.8 Å². The number of halogens is 1. The van der Waals surface area contributed by atoms with Crippen molar-refractivity contribution in [2.45, 2.75) is 32.2 Å². The van der Waals surface area contributed by atoms with Crippen LogP contribution in [0.5, 0.6) is 5.75 Å². The lowest BCUT2D eigenvalue weighted by atomic mass is 10.1. The second kappa shape index (κ2) is 9.03. The van der Waals surface area contributed by atoms with Crippen molar-refractivity contribution >= 4 is 17.3 Å². The van der Waals surface area contributed by atoms with Gasteiger partial charge in [0.2, 0.25) is 5.95 Å². The molecular weight excluding hydrogens is 403 g/mol. The predicted octanol–water partition coefficient (Wildman–Crippen LogP) is 1.20. The van der Waals surface area contributed by atoms with Crippen molar-refractivity contribution in [2.24, 2.45) is 0 Å². The van der Waals surface area contributed by atoms with Gasteiger partial charge in [-0.2, -0.15) is 4.39 Å². The van der Waals surface area contributed by atoms with E-state index in [0.717, 1.165) is 24.5 Å². The lowest BCUT2D eigenvalue weighted by molar-refractivity contribution is 0.0426. The number of fused-ring (bicyclic) bond motifs is 1. The molecule has 9 nitrogen and oxygen atoms in total. The number of hydrogen-bond acceptors (Lipinski definition) is 8. The molecule has 10 heteroatoms. The van der Waals surface area contributed by atoms with Gasteiger partial charge in [-0.05, 0) is 24.6 Å². The minimum absolute atomic E-state index is 0.0637. The number of aliphatic hydroxyl groups excluding tert-OH is 1. The van der Waals surface area contributed by atoms with E-state index in [0.29, 0.717) is 37.5 Å². The molecule has 0 radical (unpaired) electrons. The number of aliphatic hydroxyl groups is 1. The van der Waals surface area contributed by atoms with E-state index in [1.807, 2.05) is 17.9 Å². The topological polar surface area (TPSA) is 103 Å². The fourth-order valence-corrected chi connectivity index (χ4v) is 3.86. The Morgan fingerprint density at radius 3 is 2.81 bits per heavy atom. The van der Waals surface area contributed by atoms with Gasteiger partial charge < -0.3 is 25.4 Å². The van der Waals surface area contributed by atoms with Gasteiger partial charge in [-0.3, -0.25) is 14.7 Å². The maximum absolute atomic E-state index is 14.4. The second-order valence-electron chi connectivity index (χ2n) is 7.67. The lowest BCUT2D eigenvalue weighted by Crippen LogP contribution is -2.46. The maximum atomic E-state index is 14.4. The van der Waals surface area contributed by atoms with Crippen molar-refractivity contribution in [3.05, 3.63) is 41.7 Å². The zero-order valence-corrected chi connectivity index (χ0v) is 17.6. The van der Waals surface area contributed by atoms with Crippen molar-refractivity contribution < 1.29 is 19.0 Å². The summed E-state index contributed by atoms with van der Waals surface area (Å²) < 4.78 is 20.2. The number of rotatable bonds is 5. The highest BCUT2D eigenvalue weighted by atomic mass is 19.1. The Kier molecular flexibility index (Phi) is 6.19. The van der Waals surface area contributed by atoms with E-state index in [4.69, 9.17) is 4.74 Å². The molecule has 0 aromatic carbocycles. The van der Waals surface area contributed by atoms with Crippen molar-refractivity contribution in [1.29, 1.82) is 0 Å². The third kappa shape index (κ3) is 4.54. The molecule has 3 N–H and O–H groups in total. The number of aromatic nitrogens is 2. The number of anilines is 2. The van der Waals surface area contributed by atoms with Crippen molar-refractivity contribution in [2.75, 3.05) is 43.4 Å². The van der Waals surface area contributed by atoms with Gasteiger partial charge in [0, 0.05) is 39.8 Å². The summed E-state index contributed by atoms with van der Waals surface area (Å²) in [5.41, 5.74) is 2.08. The Labute approximate surface area is 180 Å². The number of carbonyl (C=O) groups excluding carboxylic acids is 1. The largest absolute Gasteiger partial charge is 0.482 e. The minimum Gasteiger partial charge on any atom is -0.482 e. The van der Waals surface area contributed by atoms with Gasteiger partial charge in [-0.1, -0.05) is 6.92 Å². The fraction of sp³-hybridized carbons (Fsp3) is 0.476. The first-order valence-corrected chi connectivity index (χ1v) is 10.4. The molecule has 2 aliphatic heterocycles. The molecule has 31 heavy (non-hydrogen) atoms. The van der Waals surface area contributed by atoms with Crippen LogP contribution in [0, 0.1) is 5.95 Å². The third-order valence-electron chi connectivity index (χ3n) is 5.65. The third-order valence-corrected chi connectivity index (χ3v) is 5.65. The summed E-state index contributed by atoms with van der Waals surface area (Å²) in [7, 11) is 1.49. The number of nitrogens with one attached hydrogen (secondary N) is 2. The number of pyridine rings is 2. The molecule has 0 spiro atoms. The molecule has 1 fully saturated rings. The molecular formula is C21H27FN6O3. The maximum Gasteiger partial charge on any atom is 0.269 e. The van der Waals surface area contributed by atoms with Crippen LogP contribution < -0.4 is 20.3 Å². The van der Waals surface area contributed by atoms with Crippen LogP contribution in [0.25, 0.3) is 0 Å². The Hall–Kier alpha value is -2.98. The van der Waals surface area contributed by atoms with Crippen LogP contribution in [0.2, 0.25) is 0 Å². The molecule has 2 atom stereocenters.